The molecule has 0 aliphatic carbocycles. The number of carbonyl (C=O) groups is 1. The molecule has 0 aliphatic rings. The van der Waals surface area contributed by atoms with Crippen LogP contribution >= 0.6 is 11.3 Å². The fourth-order valence-electron chi connectivity index (χ4n) is 1.33. The van der Waals surface area contributed by atoms with E-state index in [4.69, 9.17) is 5.26 Å². The third-order valence-corrected chi connectivity index (χ3v) is 3.21. The van der Waals surface area contributed by atoms with Crippen molar-refractivity contribution < 1.29 is 14.0 Å². The maximum atomic E-state index is 13.3. The van der Waals surface area contributed by atoms with E-state index in [-0.39, 0.29) is 11.3 Å². The first kappa shape index (κ1) is 13.8. The predicted octanol–water partition coefficient (Wildman–Crippen LogP) is 2.68. The van der Waals surface area contributed by atoms with E-state index in [0.29, 0.717) is 5.01 Å². The number of aromatic nitrogens is 1. The summed E-state index contributed by atoms with van der Waals surface area (Å²) in [5.41, 5.74) is 0.352. The lowest BCUT2D eigenvalue weighted by molar-refractivity contribution is 0.0512. The van der Waals surface area contributed by atoms with E-state index in [1.807, 2.05) is 0 Å². The highest BCUT2D eigenvalue weighted by Gasteiger charge is 2.14. The number of halogens is 1. The van der Waals surface area contributed by atoms with Gasteiger partial charge in [-0.1, -0.05) is 17.3 Å². The molecule has 0 atom stereocenters. The van der Waals surface area contributed by atoms with Crippen molar-refractivity contribution in [3.63, 3.8) is 0 Å². The molecule has 0 unspecified atom stereocenters. The van der Waals surface area contributed by atoms with Crippen molar-refractivity contribution in [3.8, 4) is 6.07 Å². The van der Waals surface area contributed by atoms with Gasteiger partial charge in [0, 0.05) is 11.1 Å². The van der Waals surface area contributed by atoms with Gasteiger partial charge in [-0.15, -0.1) is 11.3 Å². The zero-order valence-electron chi connectivity index (χ0n) is 10.3. The summed E-state index contributed by atoms with van der Waals surface area (Å²) in [6.07, 6.45) is 0. The fourth-order valence-corrected chi connectivity index (χ4v) is 2.06. The van der Waals surface area contributed by atoms with Crippen molar-refractivity contribution >= 4 is 23.0 Å². The van der Waals surface area contributed by atoms with Crippen LogP contribution < -0.4 is 0 Å². The predicted molar refractivity (Wildman–Crippen MR) is 70.8 cm³/mol. The summed E-state index contributed by atoms with van der Waals surface area (Å²) in [6, 6.07) is 7.14. The Balaban J connectivity index is 2.18. The topological polar surface area (TPSA) is 75.3 Å². The van der Waals surface area contributed by atoms with Crippen molar-refractivity contribution in [3.05, 3.63) is 51.7 Å². The second-order valence-corrected chi connectivity index (χ2v) is 4.56. The van der Waals surface area contributed by atoms with Crippen LogP contribution in [0, 0.1) is 24.1 Å². The van der Waals surface area contributed by atoms with Crippen LogP contribution in [0.2, 0.25) is 0 Å². The molecule has 5 nitrogen and oxygen atoms in total. The van der Waals surface area contributed by atoms with E-state index < -0.39 is 11.8 Å². The van der Waals surface area contributed by atoms with Gasteiger partial charge in [-0.2, -0.15) is 5.26 Å². The van der Waals surface area contributed by atoms with Gasteiger partial charge in [-0.25, -0.2) is 14.2 Å². The first-order valence-corrected chi connectivity index (χ1v) is 6.36. The summed E-state index contributed by atoms with van der Waals surface area (Å²) >= 11 is 1.20. The molecule has 0 fully saturated rings. The SMILES string of the molecule is Cc1csc(/C(C#N)=N/OC(=O)c2ccccc2F)n1. The Bertz CT molecular complexity index is 718. The van der Waals surface area contributed by atoms with Crippen molar-refractivity contribution in [2.24, 2.45) is 5.16 Å². The molecule has 100 valence electrons. The van der Waals surface area contributed by atoms with Gasteiger partial charge in [0.2, 0.25) is 5.71 Å². The summed E-state index contributed by atoms with van der Waals surface area (Å²) in [5, 5.41) is 14.5. The number of hydrogen-bond donors (Lipinski definition) is 0. The minimum Gasteiger partial charge on any atom is -0.311 e. The summed E-state index contributed by atoms with van der Waals surface area (Å²) in [4.78, 5) is 20.3. The minimum absolute atomic E-state index is 0.132. The lowest BCUT2D eigenvalue weighted by Gasteiger charge is -1.99. The van der Waals surface area contributed by atoms with Crippen molar-refractivity contribution in [1.29, 1.82) is 5.26 Å². The van der Waals surface area contributed by atoms with E-state index >= 15 is 0 Å². The van der Waals surface area contributed by atoms with Crippen LogP contribution in [0.5, 0.6) is 0 Å². The van der Waals surface area contributed by atoms with E-state index in [1.54, 1.807) is 18.4 Å². The van der Waals surface area contributed by atoms with Crippen molar-refractivity contribution in [2.75, 3.05) is 0 Å². The largest absolute Gasteiger partial charge is 0.368 e. The molecule has 1 aromatic heterocycles. The number of carbonyl (C=O) groups excluding carboxylic acids is 1. The van der Waals surface area contributed by atoms with Crippen LogP contribution in [0.25, 0.3) is 0 Å². The Hall–Kier alpha value is -2.59. The van der Waals surface area contributed by atoms with Gasteiger partial charge < -0.3 is 4.84 Å². The van der Waals surface area contributed by atoms with Gasteiger partial charge in [0.15, 0.2) is 5.01 Å². The first-order chi connectivity index (χ1) is 9.61. The molecule has 0 radical (unpaired) electrons. The molecule has 7 heteroatoms. The first-order valence-electron chi connectivity index (χ1n) is 5.48. The Morgan fingerprint density at radius 2 is 2.25 bits per heavy atom. The van der Waals surface area contributed by atoms with E-state index in [0.717, 1.165) is 11.8 Å². The summed E-state index contributed by atoms with van der Waals surface area (Å²) in [6.45, 7) is 1.76. The fraction of sp³-hybridized carbons (Fsp3) is 0.0769. The van der Waals surface area contributed by atoms with Crippen molar-refractivity contribution in [2.45, 2.75) is 6.92 Å². The lowest BCUT2D eigenvalue weighted by atomic mass is 10.2. The second kappa shape index (κ2) is 6.04. The highest BCUT2D eigenvalue weighted by molar-refractivity contribution is 7.12. The van der Waals surface area contributed by atoms with Gasteiger partial charge in [-0.05, 0) is 19.1 Å². The Kier molecular flexibility index (Phi) is 4.17. The second-order valence-electron chi connectivity index (χ2n) is 3.70. The molecule has 1 heterocycles. The van der Waals surface area contributed by atoms with E-state index in [2.05, 4.69) is 15.0 Å². The Labute approximate surface area is 117 Å². The quantitative estimate of drug-likeness (QED) is 0.494. The molecule has 20 heavy (non-hydrogen) atoms. The number of oxime groups is 1. The molecule has 0 N–H and O–H groups in total. The number of nitrogens with zero attached hydrogens (tertiary/aromatic N) is 3. The van der Waals surface area contributed by atoms with Crippen LogP contribution in [0.15, 0.2) is 34.8 Å². The number of hydrogen-bond acceptors (Lipinski definition) is 6. The Morgan fingerprint density at radius 1 is 1.50 bits per heavy atom. The number of benzene rings is 1. The van der Waals surface area contributed by atoms with Crippen LogP contribution in [-0.4, -0.2) is 16.7 Å². The zero-order chi connectivity index (χ0) is 14.5. The molecule has 0 spiro atoms. The number of thiazole rings is 1. The van der Waals surface area contributed by atoms with E-state index in [1.165, 1.54) is 29.5 Å². The average Bonchev–Trinajstić information content (AvgIpc) is 2.86. The highest BCUT2D eigenvalue weighted by atomic mass is 32.1. The smallest absolute Gasteiger partial charge is 0.311 e. The molecule has 1 aromatic carbocycles. The van der Waals surface area contributed by atoms with Crippen molar-refractivity contribution in [1.82, 2.24) is 4.98 Å². The number of nitriles is 1. The molecule has 0 saturated carbocycles. The minimum atomic E-state index is -0.968. The van der Waals surface area contributed by atoms with Gasteiger partial charge in [0.25, 0.3) is 0 Å². The normalized spacial score (nSPS) is 10.9. The maximum Gasteiger partial charge on any atom is 0.368 e. The summed E-state index contributed by atoms with van der Waals surface area (Å²) < 4.78 is 13.3. The van der Waals surface area contributed by atoms with Gasteiger partial charge in [0.05, 0.1) is 5.56 Å². The molecule has 0 bridgehead atoms. The summed E-state index contributed by atoms with van der Waals surface area (Å²) in [5.74, 6) is -1.68. The third-order valence-electron chi connectivity index (χ3n) is 2.24. The van der Waals surface area contributed by atoms with Gasteiger partial charge >= 0.3 is 5.97 Å². The Morgan fingerprint density at radius 3 is 2.85 bits per heavy atom. The standard InChI is InChI=1S/C13H8FN3O2S/c1-8-7-20-12(16-8)11(6-15)17-19-13(18)9-4-2-3-5-10(9)14/h2-5,7H,1H3/b17-11+. The van der Waals surface area contributed by atoms with E-state index in [9.17, 15) is 9.18 Å². The third kappa shape index (κ3) is 3.05. The molecule has 0 amide bonds. The molecule has 2 rings (SSSR count). The molecule has 0 saturated heterocycles. The zero-order valence-corrected chi connectivity index (χ0v) is 11.1. The molecule has 0 aliphatic heterocycles. The lowest BCUT2D eigenvalue weighted by Crippen LogP contribution is -2.06. The van der Waals surface area contributed by atoms with Gasteiger partial charge in [0.1, 0.15) is 11.9 Å². The van der Waals surface area contributed by atoms with Crippen LogP contribution in [0.1, 0.15) is 21.1 Å². The van der Waals surface area contributed by atoms with Crippen LogP contribution in [-0.2, 0) is 4.84 Å². The van der Waals surface area contributed by atoms with Crippen LogP contribution in [0.3, 0.4) is 0 Å². The number of rotatable bonds is 3. The monoisotopic (exact) mass is 289 g/mol. The van der Waals surface area contributed by atoms with Gasteiger partial charge in [-0.3, -0.25) is 0 Å². The molecule has 2 aromatic rings. The summed E-state index contributed by atoms with van der Waals surface area (Å²) in [7, 11) is 0. The highest BCUT2D eigenvalue weighted by Crippen LogP contribution is 2.11. The maximum absolute atomic E-state index is 13.3. The molecular formula is C13H8FN3O2S. The van der Waals surface area contributed by atoms with Crippen LogP contribution in [0.4, 0.5) is 4.39 Å². The molecular weight excluding hydrogens is 281 g/mol. The number of aryl methyl sites for hydroxylation is 1. The average molecular weight is 289 g/mol.